The molecule has 17 heavy (non-hydrogen) atoms. The highest BCUT2D eigenvalue weighted by atomic mass is 35.5. The van der Waals surface area contributed by atoms with Crippen molar-refractivity contribution in [3.63, 3.8) is 0 Å². The van der Waals surface area contributed by atoms with Gasteiger partial charge in [-0.15, -0.1) is 0 Å². The van der Waals surface area contributed by atoms with Crippen molar-refractivity contribution >= 4 is 28.7 Å². The zero-order chi connectivity index (χ0) is 11.8. The van der Waals surface area contributed by atoms with E-state index in [9.17, 15) is 0 Å². The lowest BCUT2D eigenvalue weighted by molar-refractivity contribution is 1.22. The number of hydrogen-bond donors (Lipinski definition) is 2. The molecule has 2 aromatic heterocycles. The number of benzene rings is 1. The SMILES string of the molecule is Nc1nc(-c2ccc(Cl)cc2)c2[nH]cnc2n1. The molecule has 0 amide bonds. The number of nitrogens with two attached hydrogens (primary N) is 1. The summed E-state index contributed by atoms with van der Waals surface area (Å²) >= 11 is 5.85. The fourth-order valence-corrected chi connectivity index (χ4v) is 1.79. The number of hydrogen-bond acceptors (Lipinski definition) is 4. The molecule has 0 radical (unpaired) electrons. The van der Waals surface area contributed by atoms with Crippen LogP contribution in [0.1, 0.15) is 0 Å². The third-order valence-electron chi connectivity index (χ3n) is 2.42. The molecule has 5 nitrogen and oxygen atoms in total. The number of nitrogens with zero attached hydrogens (tertiary/aromatic N) is 3. The molecule has 6 heteroatoms. The van der Waals surface area contributed by atoms with E-state index < -0.39 is 0 Å². The van der Waals surface area contributed by atoms with Crippen LogP contribution in [-0.2, 0) is 0 Å². The smallest absolute Gasteiger partial charge is 0.222 e. The van der Waals surface area contributed by atoms with Gasteiger partial charge in [-0.2, -0.15) is 4.98 Å². The van der Waals surface area contributed by atoms with Gasteiger partial charge >= 0.3 is 0 Å². The van der Waals surface area contributed by atoms with Crippen LogP contribution in [0.15, 0.2) is 30.6 Å². The quantitative estimate of drug-likeness (QED) is 0.689. The molecule has 0 aliphatic rings. The van der Waals surface area contributed by atoms with Crippen molar-refractivity contribution < 1.29 is 0 Å². The fourth-order valence-electron chi connectivity index (χ4n) is 1.67. The van der Waals surface area contributed by atoms with Gasteiger partial charge in [0.05, 0.1) is 6.33 Å². The molecule has 0 aliphatic carbocycles. The Morgan fingerprint density at radius 3 is 2.65 bits per heavy atom. The van der Waals surface area contributed by atoms with E-state index in [0.29, 0.717) is 10.7 Å². The summed E-state index contributed by atoms with van der Waals surface area (Å²) < 4.78 is 0. The molecule has 3 aromatic rings. The summed E-state index contributed by atoms with van der Waals surface area (Å²) in [5.74, 6) is 0.203. The lowest BCUT2D eigenvalue weighted by Gasteiger charge is -2.03. The average molecular weight is 246 g/mol. The number of aromatic amines is 1. The van der Waals surface area contributed by atoms with Gasteiger partial charge in [0.15, 0.2) is 5.65 Å². The first-order valence-corrected chi connectivity index (χ1v) is 5.34. The topological polar surface area (TPSA) is 80.5 Å². The van der Waals surface area contributed by atoms with Gasteiger partial charge in [0.1, 0.15) is 11.2 Å². The van der Waals surface area contributed by atoms with Crippen molar-refractivity contribution in [1.29, 1.82) is 0 Å². The Hall–Kier alpha value is -2.14. The number of fused-ring (bicyclic) bond motifs is 1. The minimum atomic E-state index is 0.203. The van der Waals surface area contributed by atoms with Gasteiger partial charge in [-0.1, -0.05) is 23.7 Å². The van der Waals surface area contributed by atoms with E-state index in [1.165, 1.54) is 0 Å². The van der Waals surface area contributed by atoms with Crippen molar-refractivity contribution in [2.45, 2.75) is 0 Å². The Kier molecular flexibility index (Phi) is 2.19. The third-order valence-corrected chi connectivity index (χ3v) is 2.67. The molecule has 0 fully saturated rings. The summed E-state index contributed by atoms with van der Waals surface area (Å²) in [4.78, 5) is 15.3. The predicted octanol–water partition coefficient (Wildman–Crippen LogP) is 2.26. The number of aromatic nitrogens is 4. The zero-order valence-corrected chi connectivity index (χ0v) is 9.44. The maximum atomic E-state index is 5.85. The Bertz CT molecular complexity index is 674. The Morgan fingerprint density at radius 1 is 1.12 bits per heavy atom. The van der Waals surface area contributed by atoms with E-state index in [2.05, 4.69) is 19.9 Å². The van der Waals surface area contributed by atoms with Gasteiger partial charge in [0, 0.05) is 10.6 Å². The second-order valence-electron chi connectivity index (χ2n) is 3.54. The van der Waals surface area contributed by atoms with Crippen LogP contribution in [0.3, 0.4) is 0 Å². The van der Waals surface area contributed by atoms with Crippen LogP contribution in [0.4, 0.5) is 5.95 Å². The summed E-state index contributed by atoms with van der Waals surface area (Å²) in [6, 6.07) is 7.36. The van der Waals surface area contributed by atoms with Gasteiger partial charge in [-0.05, 0) is 12.1 Å². The molecule has 3 N–H and O–H groups in total. The van der Waals surface area contributed by atoms with Gasteiger partial charge < -0.3 is 10.7 Å². The van der Waals surface area contributed by atoms with E-state index in [-0.39, 0.29) is 5.95 Å². The second-order valence-corrected chi connectivity index (χ2v) is 3.97. The van der Waals surface area contributed by atoms with E-state index in [1.807, 2.05) is 12.1 Å². The van der Waals surface area contributed by atoms with Crippen molar-refractivity contribution in [2.24, 2.45) is 0 Å². The first-order chi connectivity index (χ1) is 8.24. The van der Waals surface area contributed by atoms with Gasteiger partial charge in [-0.25, -0.2) is 9.97 Å². The maximum Gasteiger partial charge on any atom is 0.222 e. The maximum absolute atomic E-state index is 5.85. The first kappa shape index (κ1) is 10.0. The molecule has 84 valence electrons. The largest absolute Gasteiger partial charge is 0.368 e. The Labute approximate surface area is 102 Å². The Balaban J connectivity index is 2.28. The lowest BCUT2D eigenvalue weighted by Crippen LogP contribution is -1.97. The number of H-pyrrole nitrogens is 1. The molecule has 0 saturated heterocycles. The van der Waals surface area contributed by atoms with Crippen LogP contribution in [0, 0.1) is 0 Å². The number of anilines is 1. The molecule has 0 atom stereocenters. The summed E-state index contributed by atoms with van der Waals surface area (Å²) in [7, 11) is 0. The van der Waals surface area contributed by atoms with Crippen molar-refractivity contribution in [3.05, 3.63) is 35.6 Å². The fraction of sp³-hybridized carbons (Fsp3) is 0. The normalized spacial score (nSPS) is 10.9. The van der Waals surface area contributed by atoms with Gasteiger partial charge in [0.2, 0.25) is 5.95 Å². The minimum Gasteiger partial charge on any atom is -0.368 e. The van der Waals surface area contributed by atoms with E-state index >= 15 is 0 Å². The van der Waals surface area contributed by atoms with Gasteiger partial charge in [0.25, 0.3) is 0 Å². The van der Waals surface area contributed by atoms with Crippen LogP contribution in [-0.4, -0.2) is 19.9 Å². The molecule has 0 aliphatic heterocycles. The van der Waals surface area contributed by atoms with Gasteiger partial charge in [-0.3, -0.25) is 0 Å². The van der Waals surface area contributed by atoms with Crippen LogP contribution >= 0.6 is 11.6 Å². The Morgan fingerprint density at radius 2 is 1.88 bits per heavy atom. The lowest BCUT2D eigenvalue weighted by atomic mass is 10.1. The molecular formula is C11H8ClN5. The molecule has 1 aromatic carbocycles. The van der Waals surface area contributed by atoms with E-state index in [0.717, 1.165) is 16.8 Å². The minimum absolute atomic E-state index is 0.203. The summed E-state index contributed by atoms with van der Waals surface area (Å²) in [6.45, 7) is 0. The van der Waals surface area contributed by atoms with Crippen molar-refractivity contribution in [3.8, 4) is 11.3 Å². The van der Waals surface area contributed by atoms with Crippen LogP contribution in [0.2, 0.25) is 5.02 Å². The third kappa shape index (κ3) is 1.70. The molecule has 3 rings (SSSR count). The average Bonchev–Trinajstić information content (AvgIpc) is 2.77. The number of halogens is 1. The predicted molar refractivity (Wildman–Crippen MR) is 66.5 cm³/mol. The van der Waals surface area contributed by atoms with E-state index in [1.54, 1.807) is 18.5 Å². The monoisotopic (exact) mass is 245 g/mol. The number of nitrogens with one attached hydrogen (secondary N) is 1. The van der Waals surface area contributed by atoms with Crippen LogP contribution in [0.5, 0.6) is 0 Å². The molecule has 2 heterocycles. The second kappa shape index (κ2) is 3.71. The van der Waals surface area contributed by atoms with Crippen LogP contribution < -0.4 is 5.73 Å². The zero-order valence-electron chi connectivity index (χ0n) is 8.68. The van der Waals surface area contributed by atoms with Crippen molar-refractivity contribution in [1.82, 2.24) is 19.9 Å². The molecule has 0 spiro atoms. The molecule has 0 bridgehead atoms. The number of imidazole rings is 1. The summed E-state index contributed by atoms with van der Waals surface area (Å²) in [5.41, 5.74) is 8.61. The summed E-state index contributed by atoms with van der Waals surface area (Å²) in [5, 5.41) is 0.677. The highest BCUT2D eigenvalue weighted by Crippen LogP contribution is 2.25. The number of rotatable bonds is 1. The van der Waals surface area contributed by atoms with Crippen molar-refractivity contribution in [2.75, 3.05) is 5.73 Å². The molecule has 0 saturated carbocycles. The standard InChI is InChI=1S/C11H8ClN5/c12-7-3-1-6(2-4-7)8-9-10(15-5-14-9)17-11(13)16-8/h1-5H,(H3,13,14,15,16,17). The highest BCUT2D eigenvalue weighted by molar-refractivity contribution is 6.30. The van der Waals surface area contributed by atoms with Crippen LogP contribution in [0.25, 0.3) is 22.4 Å². The molecular weight excluding hydrogens is 238 g/mol. The number of nitrogen functional groups attached to an aromatic ring is 1. The highest BCUT2D eigenvalue weighted by Gasteiger charge is 2.10. The van der Waals surface area contributed by atoms with E-state index in [4.69, 9.17) is 17.3 Å². The summed E-state index contributed by atoms with van der Waals surface area (Å²) in [6.07, 6.45) is 1.57. The molecule has 0 unspecified atom stereocenters. The first-order valence-electron chi connectivity index (χ1n) is 4.96.